The lowest BCUT2D eigenvalue weighted by Gasteiger charge is -2.03. The molecule has 0 aliphatic carbocycles. The average molecular weight is 195 g/mol. The molecule has 14 heavy (non-hydrogen) atoms. The SMILES string of the molecule is COCCNCC(C)=Cc1ccoc1. The van der Waals surface area contributed by atoms with Crippen molar-refractivity contribution in [3.8, 4) is 0 Å². The predicted octanol–water partition coefficient (Wildman–Crippen LogP) is 1.92. The van der Waals surface area contributed by atoms with Crippen LogP contribution in [0.2, 0.25) is 0 Å². The minimum atomic E-state index is 0.749. The van der Waals surface area contributed by atoms with Gasteiger partial charge in [-0.25, -0.2) is 0 Å². The zero-order chi connectivity index (χ0) is 10.2. The zero-order valence-corrected chi connectivity index (χ0v) is 8.75. The van der Waals surface area contributed by atoms with Gasteiger partial charge in [0.15, 0.2) is 0 Å². The van der Waals surface area contributed by atoms with E-state index in [0.29, 0.717) is 0 Å². The first-order valence-corrected chi connectivity index (χ1v) is 4.72. The van der Waals surface area contributed by atoms with E-state index < -0.39 is 0 Å². The summed E-state index contributed by atoms with van der Waals surface area (Å²) in [4.78, 5) is 0. The van der Waals surface area contributed by atoms with Gasteiger partial charge in [-0.15, -0.1) is 0 Å². The molecule has 0 bridgehead atoms. The van der Waals surface area contributed by atoms with Gasteiger partial charge in [-0.05, 0) is 13.0 Å². The number of furan rings is 1. The summed E-state index contributed by atoms with van der Waals surface area (Å²) in [5.74, 6) is 0. The molecule has 0 unspecified atom stereocenters. The Balaban J connectivity index is 2.24. The van der Waals surface area contributed by atoms with Crippen LogP contribution < -0.4 is 5.32 Å². The summed E-state index contributed by atoms with van der Waals surface area (Å²) >= 11 is 0. The Morgan fingerprint density at radius 3 is 3.14 bits per heavy atom. The second-order valence-electron chi connectivity index (χ2n) is 3.22. The number of nitrogens with one attached hydrogen (secondary N) is 1. The van der Waals surface area contributed by atoms with Crippen LogP contribution in [0, 0.1) is 0 Å². The van der Waals surface area contributed by atoms with Gasteiger partial charge in [-0.1, -0.05) is 11.6 Å². The Hall–Kier alpha value is -1.06. The Morgan fingerprint density at radius 1 is 1.64 bits per heavy atom. The average Bonchev–Trinajstić information content (AvgIpc) is 2.65. The Labute approximate surface area is 84.8 Å². The highest BCUT2D eigenvalue weighted by molar-refractivity contribution is 5.50. The summed E-state index contributed by atoms with van der Waals surface area (Å²) in [5.41, 5.74) is 2.39. The summed E-state index contributed by atoms with van der Waals surface area (Å²) in [6.07, 6.45) is 5.51. The van der Waals surface area contributed by atoms with Gasteiger partial charge in [0.05, 0.1) is 19.1 Å². The highest BCUT2D eigenvalue weighted by Crippen LogP contribution is 2.05. The van der Waals surface area contributed by atoms with Gasteiger partial charge in [0.25, 0.3) is 0 Å². The number of hydrogen-bond donors (Lipinski definition) is 1. The minimum Gasteiger partial charge on any atom is -0.472 e. The van der Waals surface area contributed by atoms with Crippen molar-refractivity contribution in [2.75, 3.05) is 26.8 Å². The molecule has 0 atom stereocenters. The molecular formula is C11H17NO2. The molecule has 0 aliphatic heterocycles. The van der Waals surface area contributed by atoms with Gasteiger partial charge in [-0.3, -0.25) is 0 Å². The quantitative estimate of drug-likeness (QED) is 0.704. The highest BCUT2D eigenvalue weighted by atomic mass is 16.5. The maximum Gasteiger partial charge on any atom is 0.0974 e. The van der Waals surface area contributed by atoms with Crippen molar-refractivity contribution >= 4 is 6.08 Å². The fourth-order valence-corrected chi connectivity index (χ4v) is 1.15. The van der Waals surface area contributed by atoms with Crippen LogP contribution in [0.1, 0.15) is 12.5 Å². The Kier molecular flexibility index (Phi) is 5.04. The van der Waals surface area contributed by atoms with E-state index in [-0.39, 0.29) is 0 Å². The number of methoxy groups -OCH3 is 1. The molecule has 0 spiro atoms. The molecule has 1 aromatic heterocycles. The second-order valence-corrected chi connectivity index (χ2v) is 3.22. The summed E-state index contributed by atoms with van der Waals surface area (Å²) in [6.45, 7) is 4.60. The van der Waals surface area contributed by atoms with Crippen LogP contribution in [-0.2, 0) is 4.74 Å². The monoisotopic (exact) mass is 195 g/mol. The first kappa shape index (κ1) is 11.0. The standard InChI is InChI=1S/C11H17NO2/c1-10(8-12-4-6-13-2)7-11-3-5-14-9-11/h3,5,7,9,12H,4,6,8H2,1-2H3. The summed E-state index contributed by atoms with van der Waals surface area (Å²) in [5, 5.41) is 3.27. The number of rotatable bonds is 6. The van der Waals surface area contributed by atoms with E-state index in [0.717, 1.165) is 25.3 Å². The molecule has 0 radical (unpaired) electrons. The lowest BCUT2D eigenvalue weighted by atomic mass is 10.2. The van der Waals surface area contributed by atoms with Crippen molar-refractivity contribution in [2.45, 2.75) is 6.92 Å². The van der Waals surface area contributed by atoms with Crippen molar-refractivity contribution in [3.05, 3.63) is 29.7 Å². The van der Waals surface area contributed by atoms with E-state index in [1.165, 1.54) is 5.57 Å². The van der Waals surface area contributed by atoms with Crippen molar-refractivity contribution in [1.82, 2.24) is 5.32 Å². The van der Waals surface area contributed by atoms with Crippen molar-refractivity contribution in [2.24, 2.45) is 0 Å². The van der Waals surface area contributed by atoms with Crippen molar-refractivity contribution < 1.29 is 9.15 Å². The van der Waals surface area contributed by atoms with E-state index >= 15 is 0 Å². The topological polar surface area (TPSA) is 34.4 Å². The van der Waals surface area contributed by atoms with Gasteiger partial charge in [0, 0.05) is 25.8 Å². The molecule has 78 valence electrons. The van der Waals surface area contributed by atoms with Gasteiger partial charge in [-0.2, -0.15) is 0 Å². The van der Waals surface area contributed by atoms with E-state index in [4.69, 9.17) is 9.15 Å². The normalized spacial score (nSPS) is 12.0. The molecule has 0 amide bonds. The molecular weight excluding hydrogens is 178 g/mol. The van der Waals surface area contributed by atoms with Crippen LogP contribution >= 0.6 is 0 Å². The van der Waals surface area contributed by atoms with Gasteiger partial charge in [0.1, 0.15) is 0 Å². The predicted molar refractivity (Wildman–Crippen MR) is 57.1 cm³/mol. The Morgan fingerprint density at radius 2 is 2.50 bits per heavy atom. The van der Waals surface area contributed by atoms with Gasteiger partial charge in [0.2, 0.25) is 0 Å². The maximum absolute atomic E-state index is 4.97. The molecule has 1 N–H and O–H groups in total. The van der Waals surface area contributed by atoms with Crippen molar-refractivity contribution in [1.29, 1.82) is 0 Å². The van der Waals surface area contributed by atoms with Crippen molar-refractivity contribution in [3.63, 3.8) is 0 Å². The molecule has 0 aliphatic rings. The number of hydrogen-bond acceptors (Lipinski definition) is 3. The molecule has 0 saturated carbocycles. The molecule has 1 heterocycles. The first-order chi connectivity index (χ1) is 6.83. The van der Waals surface area contributed by atoms with Gasteiger partial charge >= 0.3 is 0 Å². The third kappa shape index (κ3) is 4.25. The molecule has 1 rings (SSSR count). The molecule has 0 fully saturated rings. The minimum absolute atomic E-state index is 0.749. The molecule has 1 aromatic rings. The molecule has 3 nitrogen and oxygen atoms in total. The maximum atomic E-state index is 4.97. The largest absolute Gasteiger partial charge is 0.472 e. The van der Waals surface area contributed by atoms with Crippen LogP contribution in [0.5, 0.6) is 0 Å². The molecule has 0 saturated heterocycles. The fraction of sp³-hybridized carbons (Fsp3) is 0.455. The second kappa shape index (κ2) is 6.40. The van der Waals surface area contributed by atoms with Gasteiger partial charge < -0.3 is 14.5 Å². The van der Waals surface area contributed by atoms with E-state index in [9.17, 15) is 0 Å². The van der Waals surface area contributed by atoms with Crippen LogP contribution in [-0.4, -0.2) is 26.8 Å². The summed E-state index contributed by atoms with van der Waals surface area (Å²) < 4.78 is 9.91. The van der Waals surface area contributed by atoms with Crippen LogP contribution in [0.3, 0.4) is 0 Å². The van der Waals surface area contributed by atoms with E-state index in [1.807, 2.05) is 6.07 Å². The van der Waals surface area contributed by atoms with Crippen LogP contribution in [0.15, 0.2) is 28.6 Å². The summed E-state index contributed by atoms with van der Waals surface area (Å²) in [6, 6.07) is 1.94. The lowest BCUT2D eigenvalue weighted by Crippen LogP contribution is -2.20. The van der Waals surface area contributed by atoms with E-state index in [1.54, 1.807) is 19.6 Å². The molecule has 0 aromatic carbocycles. The number of ether oxygens (including phenoxy) is 1. The lowest BCUT2D eigenvalue weighted by molar-refractivity contribution is 0.200. The third-order valence-electron chi connectivity index (χ3n) is 1.84. The third-order valence-corrected chi connectivity index (χ3v) is 1.84. The molecule has 3 heteroatoms. The smallest absolute Gasteiger partial charge is 0.0974 e. The van der Waals surface area contributed by atoms with Crippen LogP contribution in [0.4, 0.5) is 0 Å². The highest BCUT2D eigenvalue weighted by Gasteiger charge is 1.92. The Bertz CT molecular complexity index is 265. The first-order valence-electron chi connectivity index (χ1n) is 4.72. The zero-order valence-electron chi connectivity index (χ0n) is 8.75. The van der Waals surface area contributed by atoms with E-state index in [2.05, 4.69) is 18.3 Å². The fourth-order valence-electron chi connectivity index (χ4n) is 1.15. The summed E-state index contributed by atoms with van der Waals surface area (Å²) in [7, 11) is 1.70. The van der Waals surface area contributed by atoms with Crippen LogP contribution in [0.25, 0.3) is 6.08 Å².